The van der Waals surface area contributed by atoms with Crippen LogP contribution in [0.2, 0.25) is 0 Å². The summed E-state index contributed by atoms with van der Waals surface area (Å²) >= 11 is 0. The highest BCUT2D eigenvalue weighted by Crippen LogP contribution is 2.37. The molecule has 2 aliphatic rings. The van der Waals surface area contributed by atoms with Crippen molar-refractivity contribution in [3.05, 3.63) is 12.7 Å². The standard InChI is InChI=1S/C14H24N2O/c1-3-7-14(8-9-15-11-14)13(17)16(10-4-2)12-5-6-12/h4,12,15H,2-3,5-11H2,1H3. The van der Waals surface area contributed by atoms with E-state index in [1.807, 2.05) is 6.08 Å². The third-order valence-corrected chi connectivity index (χ3v) is 4.00. The number of nitrogens with one attached hydrogen (secondary N) is 1. The first kappa shape index (κ1) is 12.6. The van der Waals surface area contributed by atoms with Crippen LogP contribution < -0.4 is 5.32 Å². The largest absolute Gasteiger partial charge is 0.335 e. The summed E-state index contributed by atoms with van der Waals surface area (Å²) in [5.41, 5.74) is -0.125. The number of rotatable bonds is 6. The monoisotopic (exact) mass is 236 g/mol. The molecule has 1 heterocycles. The number of hydrogen-bond acceptors (Lipinski definition) is 2. The quantitative estimate of drug-likeness (QED) is 0.715. The maximum Gasteiger partial charge on any atom is 0.230 e. The third kappa shape index (κ3) is 2.54. The van der Waals surface area contributed by atoms with Crippen molar-refractivity contribution >= 4 is 5.91 Å². The molecule has 3 heteroatoms. The predicted octanol–water partition coefficient (Wildman–Crippen LogP) is 1.94. The van der Waals surface area contributed by atoms with Crippen molar-refractivity contribution in [3.8, 4) is 0 Å². The summed E-state index contributed by atoms with van der Waals surface area (Å²) in [6.07, 6.45) is 7.31. The zero-order chi connectivity index (χ0) is 12.3. The van der Waals surface area contributed by atoms with Gasteiger partial charge < -0.3 is 10.2 Å². The van der Waals surface area contributed by atoms with E-state index in [2.05, 4.69) is 23.7 Å². The van der Waals surface area contributed by atoms with Crippen LogP contribution in [0.5, 0.6) is 0 Å². The van der Waals surface area contributed by atoms with Crippen molar-refractivity contribution in [2.45, 2.75) is 45.1 Å². The highest BCUT2D eigenvalue weighted by atomic mass is 16.2. The second kappa shape index (κ2) is 5.21. The number of carbonyl (C=O) groups excluding carboxylic acids is 1. The van der Waals surface area contributed by atoms with Gasteiger partial charge in [0.05, 0.1) is 5.41 Å². The van der Waals surface area contributed by atoms with Crippen molar-refractivity contribution in [2.24, 2.45) is 5.41 Å². The van der Waals surface area contributed by atoms with Gasteiger partial charge in [-0.3, -0.25) is 4.79 Å². The summed E-state index contributed by atoms with van der Waals surface area (Å²) in [5.74, 6) is 0.367. The van der Waals surface area contributed by atoms with Gasteiger partial charge in [-0.1, -0.05) is 19.4 Å². The first-order chi connectivity index (χ1) is 8.23. The smallest absolute Gasteiger partial charge is 0.230 e. The summed E-state index contributed by atoms with van der Waals surface area (Å²) in [7, 11) is 0. The van der Waals surface area contributed by atoms with Crippen LogP contribution in [0.25, 0.3) is 0 Å². The van der Waals surface area contributed by atoms with Crippen LogP contribution in [0, 0.1) is 5.41 Å². The van der Waals surface area contributed by atoms with E-state index >= 15 is 0 Å². The van der Waals surface area contributed by atoms with Crippen LogP contribution in [-0.4, -0.2) is 36.5 Å². The first-order valence-corrected chi connectivity index (χ1v) is 6.86. The third-order valence-electron chi connectivity index (χ3n) is 4.00. The van der Waals surface area contributed by atoms with Gasteiger partial charge in [-0.25, -0.2) is 0 Å². The Balaban J connectivity index is 2.10. The van der Waals surface area contributed by atoms with Crippen molar-refractivity contribution in [3.63, 3.8) is 0 Å². The molecule has 0 aromatic heterocycles. The first-order valence-electron chi connectivity index (χ1n) is 6.86. The number of hydrogen-bond donors (Lipinski definition) is 1. The Morgan fingerprint density at radius 1 is 1.59 bits per heavy atom. The van der Waals surface area contributed by atoms with Gasteiger partial charge in [0.2, 0.25) is 5.91 Å². The van der Waals surface area contributed by atoms with Crippen molar-refractivity contribution in [2.75, 3.05) is 19.6 Å². The molecule has 0 radical (unpaired) electrons. The number of amides is 1. The van der Waals surface area contributed by atoms with E-state index < -0.39 is 0 Å². The molecule has 0 aromatic rings. The van der Waals surface area contributed by atoms with Crippen molar-refractivity contribution in [1.29, 1.82) is 0 Å². The SMILES string of the molecule is C=CCN(C(=O)C1(CCC)CCNC1)C1CC1. The van der Waals surface area contributed by atoms with Gasteiger partial charge in [0, 0.05) is 19.1 Å². The maximum atomic E-state index is 12.8. The molecule has 1 aliphatic heterocycles. The Labute approximate surface area is 104 Å². The van der Waals surface area contributed by atoms with E-state index in [1.165, 1.54) is 12.8 Å². The topological polar surface area (TPSA) is 32.3 Å². The predicted molar refractivity (Wildman–Crippen MR) is 69.8 cm³/mol. The maximum absolute atomic E-state index is 12.8. The molecule has 1 saturated heterocycles. The Morgan fingerprint density at radius 2 is 2.35 bits per heavy atom. The van der Waals surface area contributed by atoms with Crippen LogP contribution in [0.15, 0.2) is 12.7 Å². The molecule has 1 atom stereocenters. The minimum Gasteiger partial charge on any atom is -0.335 e. The van der Waals surface area contributed by atoms with Crippen LogP contribution >= 0.6 is 0 Å². The fourth-order valence-corrected chi connectivity index (χ4v) is 2.95. The van der Waals surface area contributed by atoms with Crippen molar-refractivity contribution < 1.29 is 4.79 Å². The van der Waals surface area contributed by atoms with Crippen LogP contribution in [-0.2, 0) is 4.79 Å². The minimum absolute atomic E-state index is 0.125. The molecule has 0 spiro atoms. The van der Waals surface area contributed by atoms with Gasteiger partial charge in [0.1, 0.15) is 0 Å². The van der Waals surface area contributed by atoms with E-state index in [0.717, 1.165) is 38.9 Å². The molecule has 17 heavy (non-hydrogen) atoms. The fraction of sp³-hybridized carbons (Fsp3) is 0.786. The Morgan fingerprint density at radius 3 is 2.82 bits per heavy atom. The van der Waals surface area contributed by atoms with Crippen molar-refractivity contribution in [1.82, 2.24) is 10.2 Å². The fourth-order valence-electron chi connectivity index (χ4n) is 2.95. The zero-order valence-electron chi connectivity index (χ0n) is 10.9. The van der Waals surface area contributed by atoms with Gasteiger partial charge in [0.25, 0.3) is 0 Å². The molecule has 1 saturated carbocycles. The molecular weight excluding hydrogens is 212 g/mol. The molecule has 0 bridgehead atoms. The summed E-state index contributed by atoms with van der Waals surface area (Å²) in [4.78, 5) is 14.8. The van der Waals surface area contributed by atoms with Gasteiger partial charge in [-0.2, -0.15) is 0 Å². The highest BCUT2D eigenvalue weighted by molar-refractivity contribution is 5.84. The van der Waals surface area contributed by atoms with E-state index in [0.29, 0.717) is 11.9 Å². The molecule has 2 rings (SSSR count). The number of carbonyl (C=O) groups is 1. The van der Waals surface area contributed by atoms with E-state index in [4.69, 9.17) is 0 Å². The van der Waals surface area contributed by atoms with Crippen LogP contribution in [0.3, 0.4) is 0 Å². The summed E-state index contributed by atoms with van der Waals surface area (Å²) in [5, 5.41) is 3.36. The zero-order valence-corrected chi connectivity index (χ0v) is 10.9. The lowest BCUT2D eigenvalue weighted by molar-refractivity contribution is -0.141. The molecule has 1 unspecified atom stereocenters. The van der Waals surface area contributed by atoms with Gasteiger partial charge in [0.15, 0.2) is 0 Å². The summed E-state index contributed by atoms with van der Waals surface area (Å²) in [6, 6.07) is 0.495. The molecular formula is C14H24N2O. The van der Waals surface area contributed by atoms with Crippen LogP contribution in [0.1, 0.15) is 39.0 Å². The Kier molecular flexibility index (Phi) is 3.87. The van der Waals surface area contributed by atoms with Gasteiger partial charge in [-0.05, 0) is 32.2 Å². The molecule has 1 aliphatic carbocycles. The normalized spacial score (nSPS) is 28.1. The van der Waals surface area contributed by atoms with Crippen LogP contribution in [0.4, 0.5) is 0 Å². The molecule has 0 aromatic carbocycles. The lowest BCUT2D eigenvalue weighted by atomic mass is 9.81. The number of nitrogens with zero attached hydrogens (tertiary/aromatic N) is 1. The molecule has 3 nitrogen and oxygen atoms in total. The Bertz CT molecular complexity index is 291. The molecule has 1 N–H and O–H groups in total. The lowest BCUT2D eigenvalue weighted by Gasteiger charge is -2.33. The minimum atomic E-state index is -0.125. The van der Waals surface area contributed by atoms with Gasteiger partial charge in [-0.15, -0.1) is 6.58 Å². The highest BCUT2D eigenvalue weighted by Gasteiger charge is 2.45. The second-order valence-corrected chi connectivity index (χ2v) is 5.43. The van der Waals surface area contributed by atoms with E-state index in [-0.39, 0.29) is 5.41 Å². The summed E-state index contributed by atoms with van der Waals surface area (Å²) in [6.45, 7) is 8.51. The second-order valence-electron chi connectivity index (χ2n) is 5.43. The average molecular weight is 236 g/mol. The lowest BCUT2D eigenvalue weighted by Crippen LogP contribution is -2.46. The van der Waals surface area contributed by atoms with E-state index in [9.17, 15) is 4.79 Å². The molecule has 2 fully saturated rings. The average Bonchev–Trinajstić information content (AvgIpc) is 3.06. The van der Waals surface area contributed by atoms with E-state index in [1.54, 1.807) is 0 Å². The Hall–Kier alpha value is -0.830. The van der Waals surface area contributed by atoms with Gasteiger partial charge >= 0.3 is 0 Å². The molecule has 1 amide bonds. The summed E-state index contributed by atoms with van der Waals surface area (Å²) < 4.78 is 0. The molecule has 96 valence electrons.